The van der Waals surface area contributed by atoms with Crippen molar-refractivity contribution >= 4 is 5.91 Å². The number of rotatable bonds is 5. The zero-order chi connectivity index (χ0) is 13.5. The first-order valence-corrected chi connectivity index (χ1v) is 8.28. The molecule has 1 aliphatic heterocycles. The molecule has 110 valence electrons. The fourth-order valence-corrected chi connectivity index (χ4v) is 3.65. The highest BCUT2D eigenvalue weighted by Gasteiger charge is 2.23. The molecule has 0 radical (unpaired) electrons. The van der Waals surface area contributed by atoms with Crippen molar-refractivity contribution in [1.82, 2.24) is 10.6 Å². The van der Waals surface area contributed by atoms with E-state index in [0.717, 1.165) is 25.4 Å². The summed E-state index contributed by atoms with van der Waals surface area (Å²) < 4.78 is 0. The number of amides is 1. The zero-order valence-corrected chi connectivity index (χ0v) is 12.4. The number of carbonyl (C=O) groups excluding carboxylic acids is 1. The lowest BCUT2D eigenvalue weighted by molar-refractivity contribution is -0.123. The summed E-state index contributed by atoms with van der Waals surface area (Å²) in [5, 5.41) is 6.65. The molecular formula is C16H30N2O. The topological polar surface area (TPSA) is 41.1 Å². The average molecular weight is 266 g/mol. The molecule has 1 atom stereocenters. The van der Waals surface area contributed by atoms with Crippen molar-refractivity contribution in [3.05, 3.63) is 0 Å². The van der Waals surface area contributed by atoms with E-state index in [1.165, 1.54) is 51.4 Å². The van der Waals surface area contributed by atoms with Crippen molar-refractivity contribution in [3.63, 3.8) is 0 Å². The van der Waals surface area contributed by atoms with E-state index in [0.29, 0.717) is 12.0 Å². The molecule has 3 nitrogen and oxygen atoms in total. The largest absolute Gasteiger partial charge is 0.353 e. The van der Waals surface area contributed by atoms with Gasteiger partial charge in [0.05, 0.1) is 0 Å². The molecule has 2 fully saturated rings. The van der Waals surface area contributed by atoms with E-state index in [1.807, 2.05) is 0 Å². The zero-order valence-electron chi connectivity index (χ0n) is 12.4. The van der Waals surface area contributed by atoms with Gasteiger partial charge in [0.2, 0.25) is 5.91 Å². The Kier molecular flexibility index (Phi) is 6.15. The summed E-state index contributed by atoms with van der Waals surface area (Å²) in [5.74, 6) is 1.76. The van der Waals surface area contributed by atoms with Crippen molar-refractivity contribution in [2.75, 3.05) is 13.1 Å². The van der Waals surface area contributed by atoms with Crippen LogP contribution in [0.1, 0.15) is 64.7 Å². The Balaban J connectivity index is 1.63. The van der Waals surface area contributed by atoms with E-state index in [-0.39, 0.29) is 5.91 Å². The SMILES string of the molecule is CCCC1CCC(NC(=O)CC2CCCNC2)CC1. The molecule has 3 heteroatoms. The second-order valence-corrected chi connectivity index (χ2v) is 6.49. The maximum absolute atomic E-state index is 12.0. The van der Waals surface area contributed by atoms with Crippen LogP contribution in [0.3, 0.4) is 0 Å². The Morgan fingerprint density at radius 1 is 1.16 bits per heavy atom. The van der Waals surface area contributed by atoms with Crippen LogP contribution in [0.5, 0.6) is 0 Å². The monoisotopic (exact) mass is 266 g/mol. The van der Waals surface area contributed by atoms with Gasteiger partial charge >= 0.3 is 0 Å². The van der Waals surface area contributed by atoms with Gasteiger partial charge in [-0.3, -0.25) is 4.79 Å². The summed E-state index contributed by atoms with van der Waals surface area (Å²) in [6.45, 7) is 4.42. The minimum Gasteiger partial charge on any atom is -0.353 e. The minimum atomic E-state index is 0.285. The van der Waals surface area contributed by atoms with E-state index in [1.54, 1.807) is 0 Å². The van der Waals surface area contributed by atoms with Crippen LogP contribution < -0.4 is 10.6 Å². The predicted octanol–water partition coefficient (Wildman–Crippen LogP) is 2.85. The van der Waals surface area contributed by atoms with Crippen LogP contribution in [0.4, 0.5) is 0 Å². The Morgan fingerprint density at radius 2 is 1.95 bits per heavy atom. The number of nitrogens with one attached hydrogen (secondary N) is 2. The summed E-state index contributed by atoms with van der Waals surface area (Å²) >= 11 is 0. The summed E-state index contributed by atoms with van der Waals surface area (Å²) in [7, 11) is 0. The van der Waals surface area contributed by atoms with Crippen LogP contribution in [-0.2, 0) is 4.79 Å². The Hall–Kier alpha value is -0.570. The molecule has 1 saturated heterocycles. The van der Waals surface area contributed by atoms with Gasteiger partial charge in [-0.15, -0.1) is 0 Å². The first-order chi connectivity index (χ1) is 9.28. The smallest absolute Gasteiger partial charge is 0.220 e. The molecule has 0 aromatic carbocycles. The van der Waals surface area contributed by atoms with Crippen LogP contribution in [-0.4, -0.2) is 25.0 Å². The van der Waals surface area contributed by atoms with Gasteiger partial charge in [-0.1, -0.05) is 19.8 Å². The van der Waals surface area contributed by atoms with Crippen molar-refractivity contribution < 1.29 is 4.79 Å². The van der Waals surface area contributed by atoms with Gasteiger partial charge < -0.3 is 10.6 Å². The molecule has 1 aliphatic carbocycles. The standard InChI is InChI=1S/C16H30N2O/c1-2-4-13-6-8-15(9-7-13)18-16(19)11-14-5-3-10-17-12-14/h13-15,17H,2-12H2,1H3,(H,18,19). The van der Waals surface area contributed by atoms with Crippen LogP contribution in [0.15, 0.2) is 0 Å². The highest BCUT2D eigenvalue weighted by Crippen LogP contribution is 2.27. The molecule has 0 spiro atoms. The molecular weight excluding hydrogens is 236 g/mol. The van der Waals surface area contributed by atoms with Gasteiger partial charge in [-0.25, -0.2) is 0 Å². The molecule has 19 heavy (non-hydrogen) atoms. The predicted molar refractivity (Wildman–Crippen MR) is 79.0 cm³/mol. The first kappa shape index (κ1) is 14.8. The molecule has 2 rings (SSSR count). The van der Waals surface area contributed by atoms with E-state index in [9.17, 15) is 4.79 Å². The van der Waals surface area contributed by atoms with Gasteiger partial charge in [0.15, 0.2) is 0 Å². The van der Waals surface area contributed by atoms with E-state index < -0.39 is 0 Å². The van der Waals surface area contributed by atoms with Gasteiger partial charge in [-0.05, 0) is 63.5 Å². The summed E-state index contributed by atoms with van der Waals surface area (Å²) in [5.41, 5.74) is 0. The number of hydrogen-bond acceptors (Lipinski definition) is 2. The van der Waals surface area contributed by atoms with Crippen molar-refractivity contribution in [3.8, 4) is 0 Å². The molecule has 2 N–H and O–H groups in total. The lowest BCUT2D eigenvalue weighted by atomic mass is 9.83. The molecule has 1 saturated carbocycles. The summed E-state index contributed by atoms with van der Waals surface area (Å²) in [6, 6.07) is 0.456. The maximum Gasteiger partial charge on any atom is 0.220 e. The molecule has 1 amide bonds. The Morgan fingerprint density at radius 3 is 2.58 bits per heavy atom. The molecule has 1 unspecified atom stereocenters. The molecule has 2 aliphatic rings. The lowest BCUT2D eigenvalue weighted by Crippen LogP contribution is -2.40. The maximum atomic E-state index is 12.0. The summed E-state index contributed by atoms with van der Waals surface area (Å²) in [4.78, 5) is 12.0. The van der Waals surface area contributed by atoms with Crippen LogP contribution >= 0.6 is 0 Å². The third kappa shape index (κ3) is 5.13. The second-order valence-electron chi connectivity index (χ2n) is 6.49. The average Bonchev–Trinajstić information content (AvgIpc) is 2.42. The third-order valence-electron chi connectivity index (χ3n) is 4.78. The fourth-order valence-electron chi connectivity index (χ4n) is 3.65. The van der Waals surface area contributed by atoms with Crippen molar-refractivity contribution in [1.29, 1.82) is 0 Å². The van der Waals surface area contributed by atoms with E-state index in [4.69, 9.17) is 0 Å². The van der Waals surface area contributed by atoms with Gasteiger partial charge in [-0.2, -0.15) is 0 Å². The van der Waals surface area contributed by atoms with Gasteiger partial charge in [0.1, 0.15) is 0 Å². The quantitative estimate of drug-likeness (QED) is 0.803. The second kappa shape index (κ2) is 7.88. The molecule has 0 aromatic rings. The molecule has 0 aromatic heterocycles. The van der Waals surface area contributed by atoms with Gasteiger partial charge in [0, 0.05) is 12.5 Å². The van der Waals surface area contributed by atoms with Crippen molar-refractivity contribution in [2.24, 2.45) is 11.8 Å². The highest BCUT2D eigenvalue weighted by molar-refractivity contribution is 5.76. The summed E-state index contributed by atoms with van der Waals surface area (Å²) in [6.07, 6.45) is 10.8. The highest BCUT2D eigenvalue weighted by atomic mass is 16.1. The van der Waals surface area contributed by atoms with Crippen LogP contribution in [0.2, 0.25) is 0 Å². The number of carbonyl (C=O) groups is 1. The fraction of sp³-hybridized carbons (Fsp3) is 0.938. The Labute approximate surface area is 117 Å². The van der Waals surface area contributed by atoms with Gasteiger partial charge in [0.25, 0.3) is 0 Å². The molecule has 1 heterocycles. The van der Waals surface area contributed by atoms with Crippen molar-refractivity contribution in [2.45, 2.75) is 70.8 Å². The van der Waals surface area contributed by atoms with Crippen LogP contribution in [0.25, 0.3) is 0 Å². The third-order valence-corrected chi connectivity index (χ3v) is 4.78. The minimum absolute atomic E-state index is 0.285. The van der Waals surface area contributed by atoms with Crippen LogP contribution in [0, 0.1) is 11.8 Å². The lowest BCUT2D eigenvalue weighted by Gasteiger charge is -2.30. The number of hydrogen-bond donors (Lipinski definition) is 2. The molecule has 0 bridgehead atoms. The normalized spacial score (nSPS) is 31.9. The first-order valence-electron chi connectivity index (χ1n) is 8.28. The van der Waals surface area contributed by atoms with E-state index in [2.05, 4.69) is 17.6 Å². The number of piperidine rings is 1. The van der Waals surface area contributed by atoms with E-state index >= 15 is 0 Å². The Bertz CT molecular complexity index is 266.